The molecule has 1 amide bonds. The predicted molar refractivity (Wildman–Crippen MR) is 164 cm³/mol. The molecule has 212 valence electrons. The van der Waals surface area contributed by atoms with Gasteiger partial charge in [-0.15, -0.1) is 5.10 Å². The summed E-state index contributed by atoms with van der Waals surface area (Å²) in [6, 6.07) is 19.8. The lowest BCUT2D eigenvalue weighted by atomic mass is 9.94. The molecule has 4 aromatic rings. The minimum atomic E-state index is -0.559. The van der Waals surface area contributed by atoms with Gasteiger partial charge in [0.25, 0.3) is 5.91 Å². The molecule has 1 aromatic heterocycles. The van der Waals surface area contributed by atoms with E-state index in [0.29, 0.717) is 49.6 Å². The molecule has 41 heavy (non-hydrogen) atoms. The number of nitrogens with zero attached hydrogens (tertiary/aromatic N) is 3. The third-order valence-corrected chi connectivity index (χ3v) is 8.21. The van der Waals surface area contributed by atoms with E-state index < -0.39 is 6.04 Å². The van der Waals surface area contributed by atoms with Crippen molar-refractivity contribution in [3.05, 3.63) is 99.2 Å². The molecule has 0 fully saturated rings. The molecule has 1 aliphatic heterocycles. The number of carbonyl (C=O) groups excluding carboxylic acids is 1. The molecule has 0 saturated heterocycles. The first-order valence-corrected chi connectivity index (χ1v) is 14.8. The molecule has 0 spiro atoms. The molecule has 5 rings (SSSR count). The van der Waals surface area contributed by atoms with E-state index in [0.717, 1.165) is 23.3 Å². The fourth-order valence-corrected chi connectivity index (χ4v) is 5.48. The highest BCUT2D eigenvalue weighted by Gasteiger charge is 2.35. The maximum Gasteiger partial charge on any atom is 0.255 e. The number of ether oxygens (including phenoxy) is 2. The number of amides is 1. The Morgan fingerprint density at radius 3 is 2.61 bits per heavy atom. The molecule has 1 unspecified atom stereocenters. The molecule has 8 nitrogen and oxygen atoms in total. The maximum absolute atomic E-state index is 13.7. The Morgan fingerprint density at radius 1 is 1.07 bits per heavy atom. The van der Waals surface area contributed by atoms with Crippen LogP contribution in [0.15, 0.2) is 83.2 Å². The third-order valence-electron chi connectivity index (χ3n) is 6.43. The van der Waals surface area contributed by atoms with E-state index in [1.165, 1.54) is 0 Å². The van der Waals surface area contributed by atoms with Crippen LogP contribution in [-0.4, -0.2) is 33.5 Å². The maximum atomic E-state index is 13.7. The Hall–Kier alpha value is -3.66. The van der Waals surface area contributed by atoms with E-state index in [2.05, 4.69) is 17.6 Å². The molecule has 0 aliphatic carbocycles. The van der Waals surface area contributed by atoms with Crippen molar-refractivity contribution < 1.29 is 14.3 Å². The topological polar surface area (TPSA) is 90.3 Å². The van der Waals surface area contributed by atoms with Crippen molar-refractivity contribution in [2.24, 2.45) is 0 Å². The summed E-state index contributed by atoms with van der Waals surface area (Å²) in [5, 5.41) is 12.7. The summed E-state index contributed by atoms with van der Waals surface area (Å²) in [5.41, 5.74) is 3.57. The Kier molecular flexibility index (Phi) is 9.07. The summed E-state index contributed by atoms with van der Waals surface area (Å²) in [4.78, 5) is 18.4. The first-order valence-electron chi connectivity index (χ1n) is 13.1. The Bertz CT molecular complexity index is 1590. The number of nitrogens with one attached hydrogen (secondary N) is 2. The Balaban J connectivity index is 1.50. The van der Waals surface area contributed by atoms with Crippen molar-refractivity contribution in [1.29, 1.82) is 0 Å². The molecular weight excluding hydrogens is 581 g/mol. The lowest BCUT2D eigenvalue weighted by Crippen LogP contribution is -2.31. The SMILES string of the molecule is CCCSc1nc2n(n1)C(c1ccc(OCc3ccc(Cl)c(Cl)c3)c(OC)c1)C(C(=O)Nc1ccccc1)=C(C)N2. The van der Waals surface area contributed by atoms with Crippen molar-refractivity contribution >= 4 is 52.5 Å². The van der Waals surface area contributed by atoms with Crippen LogP contribution in [0.3, 0.4) is 0 Å². The number of allylic oxidation sites excluding steroid dienone is 1. The fraction of sp³-hybridized carbons (Fsp3) is 0.233. The van der Waals surface area contributed by atoms with Gasteiger partial charge < -0.3 is 20.1 Å². The van der Waals surface area contributed by atoms with Crippen LogP contribution in [-0.2, 0) is 11.4 Å². The number of benzene rings is 3. The average Bonchev–Trinajstić information content (AvgIpc) is 3.38. The van der Waals surface area contributed by atoms with Gasteiger partial charge in [0.2, 0.25) is 11.1 Å². The number of para-hydroxylation sites is 1. The van der Waals surface area contributed by atoms with Crippen molar-refractivity contribution in [3.63, 3.8) is 0 Å². The standard InChI is InChI=1S/C30H29Cl2N5O3S/c1-4-14-41-30-35-29-33-18(2)26(28(38)34-21-8-6-5-7-9-21)27(37(29)36-30)20-11-13-24(25(16-20)39-3)40-17-19-10-12-22(31)23(32)15-19/h5-13,15-16,27H,4,14,17H2,1-3H3,(H,34,38)(H,33,35,36). The predicted octanol–water partition coefficient (Wildman–Crippen LogP) is 7.60. The zero-order valence-electron chi connectivity index (χ0n) is 22.8. The molecule has 0 radical (unpaired) electrons. The summed E-state index contributed by atoms with van der Waals surface area (Å²) in [7, 11) is 1.58. The number of carbonyl (C=O) groups is 1. The summed E-state index contributed by atoms with van der Waals surface area (Å²) >= 11 is 13.8. The summed E-state index contributed by atoms with van der Waals surface area (Å²) in [5.74, 6) is 2.28. The molecule has 2 N–H and O–H groups in total. The summed E-state index contributed by atoms with van der Waals surface area (Å²) in [6.45, 7) is 4.25. The number of rotatable bonds is 10. The second-order valence-corrected chi connectivity index (χ2v) is 11.2. The number of hydrogen-bond donors (Lipinski definition) is 2. The van der Waals surface area contributed by atoms with Gasteiger partial charge in [0.1, 0.15) is 12.6 Å². The van der Waals surface area contributed by atoms with Crippen LogP contribution in [0.4, 0.5) is 11.6 Å². The highest BCUT2D eigenvalue weighted by Crippen LogP contribution is 2.40. The van der Waals surface area contributed by atoms with E-state index >= 15 is 0 Å². The normalized spacial score (nSPS) is 14.3. The minimum Gasteiger partial charge on any atom is -0.493 e. The number of methoxy groups -OCH3 is 1. The lowest BCUT2D eigenvalue weighted by molar-refractivity contribution is -0.113. The van der Waals surface area contributed by atoms with Gasteiger partial charge in [0, 0.05) is 17.1 Å². The summed E-state index contributed by atoms with van der Waals surface area (Å²) < 4.78 is 13.6. The van der Waals surface area contributed by atoms with Crippen LogP contribution in [0.2, 0.25) is 10.0 Å². The van der Waals surface area contributed by atoms with Crippen molar-refractivity contribution in [2.75, 3.05) is 23.5 Å². The van der Waals surface area contributed by atoms with Crippen molar-refractivity contribution in [1.82, 2.24) is 14.8 Å². The molecule has 1 aliphatic rings. The molecule has 11 heteroatoms. The van der Waals surface area contributed by atoms with Crippen LogP contribution in [0.1, 0.15) is 37.4 Å². The number of thioether (sulfide) groups is 1. The lowest BCUT2D eigenvalue weighted by Gasteiger charge is -2.29. The van der Waals surface area contributed by atoms with Crippen LogP contribution in [0.5, 0.6) is 11.5 Å². The largest absolute Gasteiger partial charge is 0.493 e. The van der Waals surface area contributed by atoms with Crippen LogP contribution in [0, 0.1) is 0 Å². The Labute approximate surface area is 253 Å². The van der Waals surface area contributed by atoms with Gasteiger partial charge in [-0.25, -0.2) is 4.68 Å². The summed E-state index contributed by atoms with van der Waals surface area (Å²) in [6.07, 6.45) is 0.994. The van der Waals surface area contributed by atoms with E-state index in [4.69, 9.17) is 42.8 Å². The van der Waals surface area contributed by atoms with Gasteiger partial charge >= 0.3 is 0 Å². The zero-order chi connectivity index (χ0) is 28.9. The number of aromatic nitrogens is 3. The average molecular weight is 611 g/mol. The van der Waals surface area contributed by atoms with Gasteiger partial charge in [-0.3, -0.25) is 4.79 Å². The smallest absolute Gasteiger partial charge is 0.255 e. The van der Waals surface area contributed by atoms with Crippen LogP contribution < -0.4 is 20.1 Å². The molecule has 0 saturated carbocycles. The highest BCUT2D eigenvalue weighted by molar-refractivity contribution is 7.99. The fourth-order valence-electron chi connectivity index (χ4n) is 4.47. The second-order valence-electron chi connectivity index (χ2n) is 9.34. The van der Waals surface area contributed by atoms with E-state index in [1.807, 2.05) is 61.5 Å². The van der Waals surface area contributed by atoms with E-state index in [9.17, 15) is 4.79 Å². The number of anilines is 2. The monoisotopic (exact) mass is 609 g/mol. The second kappa shape index (κ2) is 12.9. The van der Waals surface area contributed by atoms with Crippen molar-refractivity contribution in [2.45, 2.75) is 38.1 Å². The van der Waals surface area contributed by atoms with Crippen LogP contribution in [0.25, 0.3) is 0 Å². The molecular formula is C30H29Cl2N5O3S. The quantitative estimate of drug-likeness (QED) is 0.179. The van der Waals surface area contributed by atoms with Crippen molar-refractivity contribution in [3.8, 4) is 11.5 Å². The number of halogens is 2. The van der Waals surface area contributed by atoms with Gasteiger partial charge in [-0.1, -0.05) is 72.2 Å². The van der Waals surface area contributed by atoms with Gasteiger partial charge in [0.05, 0.1) is 22.7 Å². The first kappa shape index (κ1) is 28.9. The first-order chi connectivity index (χ1) is 19.9. The van der Waals surface area contributed by atoms with Gasteiger partial charge in [-0.05, 0) is 60.9 Å². The number of hydrogen-bond acceptors (Lipinski definition) is 7. The minimum absolute atomic E-state index is 0.242. The molecule has 1 atom stereocenters. The Morgan fingerprint density at radius 2 is 1.88 bits per heavy atom. The molecule has 0 bridgehead atoms. The molecule has 2 heterocycles. The third kappa shape index (κ3) is 6.48. The zero-order valence-corrected chi connectivity index (χ0v) is 25.1. The number of fused-ring (bicyclic) bond motifs is 1. The van der Waals surface area contributed by atoms with E-state index in [-0.39, 0.29) is 12.5 Å². The highest BCUT2D eigenvalue weighted by atomic mass is 35.5. The van der Waals surface area contributed by atoms with Gasteiger partial charge in [0.15, 0.2) is 11.5 Å². The van der Waals surface area contributed by atoms with E-state index in [1.54, 1.807) is 35.7 Å². The molecule has 3 aromatic carbocycles. The van der Waals surface area contributed by atoms with Gasteiger partial charge in [-0.2, -0.15) is 4.98 Å². The van der Waals surface area contributed by atoms with Crippen LogP contribution >= 0.6 is 35.0 Å².